The third-order valence-corrected chi connectivity index (χ3v) is 10.4. The molecule has 1 atom stereocenters. The minimum atomic E-state index is -3.21. The number of pyridine rings is 1. The molecule has 0 bridgehead atoms. The van der Waals surface area contributed by atoms with Crippen LogP contribution in [-0.2, 0) is 4.57 Å². The van der Waals surface area contributed by atoms with Gasteiger partial charge in [0.15, 0.2) is 7.14 Å². The first kappa shape index (κ1) is 23.4. The predicted octanol–water partition coefficient (Wildman–Crippen LogP) is 7.49. The quantitative estimate of drug-likeness (QED) is 0.221. The standard InChI is InChI=1S/C35H25N2OP/c38-39(28-14-2-1-3-15-28,29-16-10-12-26(24-29)33-20-8-9-23-36-33)30-17-11-13-27(25-30)37-34-21-6-4-18-31(34)32-19-5-7-22-35(32)37/h1-25H. The maximum absolute atomic E-state index is 15.4. The summed E-state index contributed by atoms with van der Waals surface area (Å²) in [7, 11) is -3.21. The number of benzene rings is 5. The Bertz CT molecular complexity index is 1940. The Morgan fingerprint density at radius 3 is 1.79 bits per heavy atom. The molecular weight excluding hydrogens is 495 g/mol. The van der Waals surface area contributed by atoms with Crippen LogP contribution in [0.2, 0.25) is 0 Å². The zero-order valence-corrected chi connectivity index (χ0v) is 22.1. The molecular formula is C35H25N2OP. The van der Waals surface area contributed by atoms with Gasteiger partial charge >= 0.3 is 0 Å². The van der Waals surface area contributed by atoms with Crippen LogP contribution in [0.5, 0.6) is 0 Å². The van der Waals surface area contributed by atoms with Crippen LogP contribution in [0.3, 0.4) is 0 Å². The molecule has 0 aliphatic heterocycles. The van der Waals surface area contributed by atoms with E-state index in [0.29, 0.717) is 0 Å². The van der Waals surface area contributed by atoms with E-state index in [-0.39, 0.29) is 0 Å². The molecule has 7 rings (SSSR count). The molecule has 0 spiro atoms. The van der Waals surface area contributed by atoms with Crippen molar-refractivity contribution in [2.24, 2.45) is 0 Å². The highest BCUT2D eigenvalue weighted by atomic mass is 31.2. The Kier molecular flexibility index (Phi) is 5.73. The third-order valence-electron chi connectivity index (χ3n) is 7.32. The average Bonchev–Trinajstić information content (AvgIpc) is 3.36. The van der Waals surface area contributed by atoms with Gasteiger partial charge in [-0.05, 0) is 42.5 Å². The fourth-order valence-electron chi connectivity index (χ4n) is 5.51. The van der Waals surface area contributed by atoms with Gasteiger partial charge in [-0.2, -0.15) is 0 Å². The summed E-state index contributed by atoms with van der Waals surface area (Å²) in [5, 5.41) is 4.80. The molecule has 5 aromatic carbocycles. The van der Waals surface area contributed by atoms with Crippen LogP contribution in [-0.4, -0.2) is 9.55 Å². The van der Waals surface area contributed by atoms with E-state index in [9.17, 15) is 0 Å². The van der Waals surface area contributed by atoms with Crippen molar-refractivity contribution < 1.29 is 4.57 Å². The predicted molar refractivity (Wildman–Crippen MR) is 163 cm³/mol. The maximum Gasteiger partial charge on any atom is 0.171 e. The molecule has 0 saturated carbocycles. The number of rotatable bonds is 5. The lowest BCUT2D eigenvalue weighted by Crippen LogP contribution is -2.25. The minimum absolute atomic E-state index is 0.788. The molecule has 0 fully saturated rings. The van der Waals surface area contributed by atoms with Crippen molar-refractivity contribution in [1.82, 2.24) is 9.55 Å². The smallest absolute Gasteiger partial charge is 0.171 e. The van der Waals surface area contributed by atoms with Crippen molar-refractivity contribution >= 4 is 44.9 Å². The Labute approximate surface area is 227 Å². The second-order valence-electron chi connectivity index (χ2n) is 9.60. The zero-order valence-electron chi connectivity index (χ0n) is 21.2. The number of hydrogen-bond donors (Lipinski definition) is 0. The van der Waals surface area contributed by atoms with Gasteiger partial charge in [-0.15, -0.1) is 0 Å². The molecule has 3 nitrogen and oxygen atoms in total. The van der Waals surface area contributed by atoms with Gasteiger partial charge in [0, 0.05) is 44.1 Å². The summed E-state index contributed by atoms with van der Waals surface area (Å²) < 4.78 is 17.7. The Morgan fingerprint density at radius 1 is 0.513 bits per heavy atom. The van der Waals surface area contributed by atoms with E-state index in [2.05, 4.69) is 70.2 Å². The molecule has 0 radical (unpaired) electrons. The van der Waals surface area contributed by atoms with Crippen molar-refractivity contribution in [2.45, 2.75) is 0 Å². The monoisotopic (exact) mass is 520 g/mol. The first-order chi connectivity index (χ1) is 19.2. The molecule has 2 heterocycles. The van der Waals surface area contributed by atoms with Crippen LogP contribution in [0.1, 0.15) is 0 Å². The van der Waals surface area contributed by atoms with E-state index >= 15 is 4.57 Å². The first-order valence-corrected chi connectivity index (χ1v) is 14.7. The van der Waals surface area contributed by atoms with Crippen LogP contribution in [0.15, 0.2) is 152 Å². The largest absolute Gasteiger partial charge is 0.309 e. The summed E-state index contributed by atoms with van der Waals surface area (Å²) in [4.78, 5) is 4.53. The van der Waals surface area contributed by atoms with Gasteiger partial charge in [0.2, 0.25) is 0 Å². The molecule has 4 heteroatoms. The highest BCUT2D eigenvalue weighted by molar-refractivity contribution is 7.85. The number of fused-ring (bicyclic) bond motifs is 3. The minimum Gasteiger partial charge on any atom is -0.309 e. The summed E-state index contributed by atoms with van der Waals surface area (Å²) in [5.41, 5.74) is 5.05. The van der Waals surface area contributed by atoms with Crippen molar-refractivity contribution in [3.05, 3.63) is 152 Å². The molecule has 39 heavy (non-hydrogen) atoms. The van der Waals surface area contributed by atoms with Crippen LogP contribution in [0.25, 0.3) is 38.8 Å². The number of aromatic nitrogens is 2. The molecule has 2 aromatic heterocycles. The normalized spacial score (nSPS) is 12.9. The second kappa shape index (κ2) is 9.54. The Morgan fingerprint density at radius 2 is 1.10 bits per heavy atom. The molecule has 7 aromatic rings. The molecule has 1 unspecified atom stereocenters. The molecule has 0 aliphatic rings. The van der Waals surface area contributed by atoms with Crippen LogP contribution < -0.4 is 15.9 Å². The highest BCUT2D eigenvalue weighted by Crippen LogP contribution is 2.44. The Hall–Kier alpha value is -4.72. The fraction of sp³-hybridized carbons (Fsp3) is 0. The molecule has 0 N–H and O–H groups in total. The molecule has 0 aliphatic carbocycles. The Balaban J connectivity index is 1.47. The van der Waals surface area contributed by atoms with Crippen LogP contribution in [0.4, 0.5) is 0 Å². The van der Waals surface area contributed by atoms with Crippen molar-refractivity contribution in [1.29, 1.82) is 0 Å². The van der Waals surface area contributed by atoms with E-state index < -0.39 is 7.14 Å². The summed E-state index contributed by atoms with van der Waals surface area (Å²) in [6.07, 6.45) is 1.79. The summed E-state index contributed by atoms with van der Waals surface area (Å²) in [5.74, 6) is 0. The van der Waals surface area contributed by atoms with Crippen molar-refractivity contribution in [2.75, 3.05) is 0 Å². The number of hydrogen-bond acceptors (Lipinski definition) is 2. The SMILES string of the molecule is O=P(c1ccccc1)(c1cccc(-c2ccccn2)c1)c1cccc(-n2c3ccccc3c3ccccc32)c1. The van der Waals surface area contributed by atoms with E-state index in [1.165, 1.54) is 10.8 Å². The zero-order chi connectivity index (χ0) is 26.2. The van der Waals surface area contributed by atoms with Gasteiger partial charge in [-0.3, -0.25) is 4.98 Å². The lowest BCUT2D eigenvalue weighted by atomic mass is 10.1. The maximum atomic E-state index is 15.4. The lowest BCUT2D eigenvalue weighted by Gasteiger charge is -2.22. The van der Waals surface area contributed by atoms with Gasteiger partial charge in [0.25, 0.3) is 0 Å². The summed E-state index contributed by atoms with van der Waals surface area (Å²) >= 11 is 0. The lowest BCUT2D eigenvalue weighted by molar-refractivity contribution is 0.592. The van der Waals surface area contributed by atoms with Crippen LogP contribution >= 0.6 is 7.14 Å². The summed E-state index contributed by atoms with van der Waals surface area (Å²) in [6.45, 7) is 0. The van der Waals surface area contributed by atoms with Crippen molar-refractivity contribution in [3.8, 4) is 16.9 Å². The van der Waals surface area contributed by atoms with Gasteiger partial charge in [0.1, 0.15) is 0 Å². The molecule has 0 saturated heterocycles. The van der Waals surface area contributed by atoms with Gasteiger partial charge in [-0.1, -0.05) is 103 Å². The van der Waals surface area contributed by atoms with Gasteiger partial charge in [-0.25, -0.2) is 0 Å². The number of nitrogens with zero attached hydrogens (tertiary/aromatic N) is 2. The van der Waals surface area contributed by atoms with E-state index in [0.717, 1.165) is 43.9 Å². The number of para-hydroxylation sites is 2. The highest BCUT2D eigenvalue weighted by Gasteiger charge is 2.30. The van der Waals surface area contributed by atoms with E-state index in [4.69, 9.17) is 0 Å². The van der Waals surface area contributed by atoms with Gasteiger partial charge in [0.05, 0.1) is 16.7 Å². The van der Waals surface area contributed by atoms with E-state index in [1.807, 2.05) is 84.9 Å². The second-order valence-corrected chi connectivity index (χ2v) is 12.4. The van der Waals surface area contributed by atoms with Crippen molar-refractivity contribution in [3.63, 3.8) is 0 Å². The summed E-state index contributed by atoms with van der Waals surface area (Å²) in [6, 6.07) is 48.8. The van der Waals surface area contributed by atoms with Crippen LogP contribution in [0, 0.1) is 0 Å². The average molecular weight is 521 g/mol. The topological polar surface area (TPSA) is 34.9 Å². The molecule has 186 valence electrons. The van der Waals surface area contributed by atoms with Gasteiger partial charge < -0.3 is 9.13 Å². The fourth-order valence-corrected chi connectivity index (χ4v) is 8.22. The first-order valence-electron chi connectivity index (χ1n) is 13.0. The van der Waals surface area contributed by atoms with E-state index in [1.54, 1.807) is 6.20 Å². The molecule has 0 amide bonds. The third kappa shape index (κ3) is 3.91.